The van der Waals surface area contributed by atoms with Gasteiger partial charge in [0.2, 0.25) is 0 Å². The van der Waals surface area contributed by atoms with Gasteiger partial charge < -0.3 is 4.74 Å². The first-order valence-corrected chi connectivity index (χ1v) is 7.21. The van der Waals surface area contributed by atoms with Gasteiger partial charge in [-0.15, -0.1) is 0 Å². The average molecular weight is 280 g/mol. The molecule has 0 saturated carbocycles. The smallest absolute Gasteiger partial charge is 0.148 e. The molecule has 3 heteroatoms. The highest BCUT2D eigenvalue weighted by Gasteiger charge is 2.10. The lowest BCUT2D eigenvalue weighted by atomic mass is 9.99. The molecule has 108 valence electrons. The van der Waals surface area contributed by atoms with Crippen molar-refractivity contribution in [1.29, 1.82) is 5.26 Å². The monoisotopic (exact) mass is 280 g/mol. The van der Waals surface area contributed by atoms with E-state index in [-0.39, 0.29) is 0 Å². The summed E-state index contributed by atoms with van der Waals surface area (Å²) in [5.41, 5.74) is 3.33. The predicted molar refractivity (Wildman–Crippen MR) is 83.6 cm³/mol. The third-order valence-corrected chi connectivity index (χ3v) is 3.69. The number of benzene rings is 1. The van der Waals surface area contributed by atoms with E-state index >= 15 is 0 Å². The summed E-state index contributed by atoms with van der Waals surface area (Å²) in [6, 6.07) is 12.0. The Kier molecular flexibility index (Phi) is 4.59. The first-order chi connectivity index (χ1) is 10.0. The van der Waals surface area contributed by atoms with Crippen LogP contribution < -0.4 is 4.74 Å². The fraction of sp³-hybridized carbons (Fsp3) is 0.333. The van der Waals surface area contributed by atoms with Crippen LogP contribution in [0.3, 0.4) is 0 Å². The molecule has 21 heavy (non-hydrogen) atoms. The van der Waals surface area contributed by atoms with Crippen LogP contribution in [0.2, 0.25) is 0 Å². The number of aromatic nitrogens is 1. The van der Waals surface area contributed by atoms with Crippen molar-refractivity contribution in [2.24, 2.45) is 0 Å². The van der Waals surface area contributed by atoms with Crippen molar-refractivity contribution in [2.75, 3.05) is 0 Å². The minimum Gasteiger partial charge on any atom is -0.456 e. The highest BCUT2D eigenvalue weighted by atomic mass is 16.5. The summed E-state index contributed by atoms with van der Waals surface area (Å²) in [6.45, 7) is 8.10. The molecule has 1 aromatic heterocycles. The number of nitriles is 1. The summed E-state index contributed by atoms with van der Waals surface area (Å²) >= 11 is 0. The van der Waals surface area contributed by atoms with Crippen LogP contribution in [0.5, 0.6) is 11.5 Å². The van der Waals surface area contributed by atoms with Crippen LogP contribution in [-0.2, 0) is 0 Å². The van der Waals surface area contributed by atoms with E-state index in [1.807, 2.05) is 26.0 Å². The van der Waals surface area contributed by atoms with Crippen LogP contribution in [0.4, 0.5) is 0 Å². The molecule has 0 bridgehead atoms. The Hall–Kier alpha value is -2.34. The van der Waals surface area contributed by atoms with E-state index in [1.165, 1.54) is 5.56 Å². The minimum absolute atomic E-state index is 0.492. The van der Waals surface area contributed by atoms with Gasteiger partial charge in [0.1, 0.15) is 23.1 Å². The zero-order valence-corrected chi connectivity index (χ0v) is 13.0. The van der Waals surface area contributed by atoms with Gasteiger partial charge in [0.15, 0.2) is 0 Å². The van der Waals surface area contributed by atoms with Crippen molar-refractivity contribution in [2.45, 2.75) is 40.0 Å². The summed E-state index contributed by atoms with van der Waals surface area (Å²) in [5, 5.41) is 9.25. The number of nitrogens with zero attached hydrogens (tertiary/aromatic N) is 2. The maximum Gasteiger partial charge on any atom is 0.148 e. The number of hydrogen-bond donors (Lipinski definition) is 0. The molecule has 0 aliphatic rings. The van der Waals surface area contributed by atoms with Crippen LogP contribution in [0.1, 0.15) is 48.7 Å². The minimum atomic E-state index is 0.492. The largest absolute Gasteiger partial charge is 0.456 e. The van der Waals surface area contributed by atoms with Crippen molar-refractivity contribution >= 4 is 0 Å². The van der Waals surface area contributed by atoms with Gasteiger partial charge >= 0.3 is 0 Å². The van der Waals surface area contributed by atoms with Crippen LogP contribution in [0.15, 0.2) is 30.3 Å². The molecule has 3 nitrogen and oxygen atoms in total. The maximum absolute atomic E-state index is 9.25. The lowest BCUT2D eigenvalue weighted by Crippen LogP contribution is -1.97. The second kappa shape index (κ2) is 6.41. The van der Waals surface area contributed by atoms with Gasteiger partial charge in [-0.3, -0.25) is 4.98 Å². The first kappa shape index (κ1) is 15.1. The van der Waals surface area contributed by atoms with Gasteiger partial charge in [-0.05, 0) is 43.9 Å². The average Bonchev–Trinajstić information content (AvgIpc) is 2.47. The van der Waals surface area contributed by atoms with Crippen molar-refractivity contribution in [3.05, 3.63) is 52.8 Å². The molecule has 1 unspecified atom stereocenters. The van der Waals surface area contributed by atoms with Gasteiger partial charge in [0, 0.05) is 11.8 Å². The van der Waals surface area contributed by atoms with E-state index < -0.39 is 0 Å². The molecule has 0 fully saturated rings. The Morgan fingerprint density at radius 1 is 1.24 bits per heavy atom. The Bertz CT molecular complexity index is 669. The molecule has 0 spiro atoms. The molecule has 0 saturated heterocycles. The van der Waals surface area contributed by atoms with E-state index in [2.05, 4.69) is 37.0 Å². The second-order valence-corrected chi connectivity index (χ2v) is 5.31. The van der Waals surface area contributed by atoms with E-state index in [0.29, 0.717) is 22.9 Å². The fourth-order valence-corrected chi connectivity index (χ4v) is 2.24. The van der Waals surface area contributed by atoms with Gasteiger partial charge in [-0.2, -0.15) is 5.26 Å². The SMILES string of the molecule is CCC(C)c1ccc(Oc2cc(C)nc(C)c2C#N)cc1. The lowest BCUT2D eigenvalue weighted by Gasteiger charge is -2.12. The Balaban J connectivity index is 2.29. The highest BCUT2D eigenvalue weighted by molar-refractivity contribution is 5.48. The van der Waals surface area contributed by atoms with Crippen LogP contribution in [0.25, 0.3) is 0 Å². The zero-order chi connectivity index (χ0) is 15.4. The quantitative estimate of drug-likeness (QED) is 0.802. The summed E-state index contributed by atoms with van der Waals surface area (Å²) in [6.07, 6.45) is 1.11. The topological polar surface area (TPSA) is 45.9 Å². The number of ether oxygens (including phenoxy) is 1. The predicted octanol–water partition coefficient (Wildman–Crippen LogP) is 4.88. The molecular weight excluding hydrogens is 260 g/mol. The molecule has 0 N–H and O–H groups in total. The third kappa shape index (κ3) is 3.41. The lowest BCUT2D eigenvalue weighted by molar-refractivity contribution is 0.478. The molecule has 0 amide bonds. The van der Waals surface area contributed by atoms with Crippen molar-refractivity contribution in [3.8, 4) is 17.6 Å². The molecule has 0 radical (unpaired) electrons. The number of aryl methyl sites for hydroxylation is 2. The normalized spacial score (nSPS) is 11.8. The Morgan fingerprint density at radius 2 is 1.90 bits per heavy atom. The van der Waals surface area contributed by atoms with Gasteiger partial charge in [0.05, 0.1) is 5.69 Å². The Morgan fingerprint density at radius 3 is 2.48 bits per heavy atom. The summed E-state index contributed by atoms with van der Waals surface area (Å²) in [7, 11) is 0. The maximum atomic E-state index is 9.25. The van der Waals surface area contributed by atoms with Gasteiger partial charge in [0.25, 0.3) is 0 Å². The molecule has 2 rings (SSSR count). The molecule has 1 heterocycles. The summed E-state index contributed by atoms with van der Waals surface area (Å²) in [4.78, 5) is 4.29. The van der Waals surface area contributed by atoms with Gasteiger partial charge in [-0.25, -0.2) is 0 Å². The van der Waals surface area contributed by atoms with E-state index in [0.717, 1.165) is 17.9 Å². The Labute approximate surface area is 126 Å². The van der Waals surface area contributed by atoms with Crippen molar-refractivity contribution < 1.29 is 4.74 Å². The number of pyridine rings is 1. The van der Waals surface area contributed by atoms with Crippen molar-refractivity contribution in [1.82, 2.24) is 4.98 Å². The summed E-state index contributed by atoms with van der Waals surface area (Å²) in [5.74, 6) is 1.85. The molecule has 0 aliphatic heterocycles. The molecular formula is C18H20N2O. The van der Waals surface area contributed by atoms with Crippen molar-refractivity contribution in [3.63, 3.8) is 0 Å². The zero-order valence-electron chi connectivity index (χ0n) is 13.0. The summed E-state index contributed by atoms with van der Waals surface area (Å²) < 4.78 is 5.87. The van der Waals surface area contributed by atoms with Crippen LogP contribution in [-0.4, -0.2) is 4.98 Å². The highest BCUT2D eigenvalue weighted by Crippen LogP contribution is 2.28. The van der Waals surface area contributed by atoms with Gasteiger partial charge in [-0.1, -0.05) is 26.0 Å². The van der Waals surface area contributed by atoms with E-state index in [9.17, 15) is 5.26 Å². The number of rotatable bonds is 4. The molecule has 0 aliphatic carbocycles. The van der Waals surface area contributed by atoms with Crippen LogP contribution in [0, 0.1) is 25.2 Å². The number of hydrogen-bond acceptors (Lipinski definition) is 3. The second-order valence-electron chi connectivity index (χ2n) is 5.31. The fourth-order valence-electron chi connectivity index (χ4n) is 2.24. The van der Waals surface area contributed by atoms with E-state index in [4.69, 9.17) is 4.74 Å². The van der Waals surface area contributed by atoms with E-state index in [1.54, 1.807) is 6.07 Å². The first-order valence-electron chi connectivity index (χ1n) is 7.21. The standard InChI is InChI=1S/C18H20N2O/c1-5-12(2)15-6-8-16(9-7-15)21-18-10-13(3)20-14(4)17(18)11-19/h6-10,12H,5H2,1-4H3. The molecule has 1 atom stereocenters. The molecule has 2 aromatic rings. The molecule has 1 aromatic carbocycles. The van der Waals surface area contributed by atoms with Crippen LogP contribution >= 0.6 is 0 Å². The third-order valence-electron chi connectivity index (χ3n) is 3.69.